The van der Waals surface area contributed by atoms with Gasteiger partial charge in [-0.3, -0.25) is 9.79 Å². The van der Waals surface area contributed by atoms with E-state index >= 15 is 0 Å². The first-order valence-electron chi connectivity index (χ1n) is 9.18. The highest BCUT2D eigenvalue weighted by molar-refractivity contribution is 14.0. The van der Waals surface area contributed by atoms with Crippen molar-refractivity contribution in [3.63, 3.8) is 0 Å². The summed E-state index contributed by atoms with van der Waals surface area (Å²) < 4.78 is 0. The topological polar surface area (TPSA) is 56.7 Å². The normalized spacial score (nSPS) is 17.4. The first kappa shape index (κ1) is 23.1. The van der Waals surface area contributed by atoms with Gasteiger partial charge in [0, 0.05) is 43.6 Å². The minimum atomic E-state index is 0. The van der Waals surface area contributed by atoms with Crippen LogP contribution in [0.5, 0.6) is 0 Å². The summed E-state index contributed by atoms with van der Waals surface area (Å²) in [4.78, 5) is 19.0. The molecule has 1 amide bonds. The van der Waals surface area contributed by atoms with Crippen LogP contribution in [0.2, 0.25) is 0 Å². The number of hydrogen-bond acceptors (Lipinski definition) is 3. The predicted molar refractivity (Wildman–Crippen MR) is 122 cm³/mol. The fraction of sp³-hybridized carbons (Fsp3) is 0.579. The first-order valence-corrected chi connectivity index (χ1v) is 10.2. The number of nitrogens with zero attached hydrogens (tertiary/aromatic N) is 2. The zero-order valence-corrected chi connectivity index (χ0v) is 18.9. The van der Waals surface area contributed by atoms with Gasteiger partial charge in [0.25, 0.3) is 0 Å². The lowest BCUT2D eigenvalue weighted by atomic mass is 10.2. The third-order valence-corrected chi connectivity index (χ3v) is 5.53. The Morgan fingerprint density at radius 2 is 2.04 bits per heavy atom. The van der Waals surface area contributed by atoms with Crippen LogP contribution in [0, 0.1) is 0 Å². The zero-order chi connectivity index (χ0) is 17.9. The Labute approximate surface area is 178 Å². The molecule has 1 unspecified atom stereocenters. The summed E-state index contributed by atoms with van der Waals surface area (Å²) >= 11 is 2.05. The Hall–Kier alpha value is -0.960. The van der Waals surface area contributed by atoms with Gasteiger partial charge >= 0.3 is 0 Å². The number of halogens is 1. The number of carbonyl (C=O) groups excluding carboxylic acids is 1. The number of thioether (sulfide) groups is 1. The largest absolute Gasteiger partial charge is 0.357 e. The standard InChI is InChI=1S/C19H30N4OS.HI/c1-3-17-15-23(12-13-25-17)19(20-4-2)21-11-10-18(24)22-14-16-8-6-5-7-9-16;/h5-9,17H,3-4,10-15H2,1-2H3,(H,20,21)(H,22,24);1H. The molecular weight excluding hydrogens is 459 g/mol. The van der Waals surface area contributed by atoms with Crippen LogP contribution in [0.15, 0.2) is 35.3 Å². The highest BCUT2D eigenvalue weighted by Crippen LogP contribution is 2.21. The van der Waals surface area contributed by atoms with E-state index < -0.39 is 0 Å². The molecular formula is C19H31IN4OS. The number of amides is 1. The number of carbonyl (C=O) groups is 1. The summed E-state index contributed by atoms with van der Waals surface area (Å²) in [6, 6.07) is 9.97. The SMILES string of the molecule is CCNC(=NCCC(=O)NCc1ccccc1)N1CCSC(CC)C1.I. The van der Waals surface area contributed by atoms with E-state index in [4.69, 9.17) is 0 Å². The van der Waals surface area contributed by atoms with Crippen LogP contribution in [0.1, 0.15) is 32.3 Å². The molecule has 0 radical (unpaired) electrons. The average Bonchev–Trinajstić information content (AvgIpc) is 2.66. The van der Waals surface area contributed by atoms with Crippen LogP contribution < -0.4 is 10.6 Å². The number of benzene rings is 1. The predicted octanol–water partition coefficient (Wildman–Crippen LogP) is 3.10. The fourth-order valence-electron chi connectivity index (χ4n) is 2.73. The fourth-order valence-corrected chi connectivity index (χ4v) is 3.91. The smallest absolute Gasteiger partial charge is 0.222 e. The van der Waals surface area contributed by atoms with Crippen LogP contribution in [0.25, 0.3) is 0 Å². The lowest BCUT2D eigenvalue weighted by Gasteiger charge is -2.34. The minimum Gasteiger partial charge on any atom is -0.357 e. The summed E-state index contributed by atoms with van der Waals surface area (Å²) in [5.41, 5.74) is 1.11. The van der Waals surface area contributed by atoms with Gasteiger partial charge in [-0.05, 0) is 18.9 Å². The summed E-state index contributed by atoms with van der Waals surface area (Å²) in [6.45, 7) is 8.31. The zero-order valence-electron chi connectivity index (χ0n) is 15.7. The Kier molecular flexibility index (Phi) is 11.8. The Morgan fingerprint density at radius 1 is 1.27 bits per heavy atom. The van der Waals surface area contributed by atoms with Crippen LogP contribution >= 0.6 is 35.7 Å². The Balaban J connectivity index is 0.00000338. The summed E-state index contributed by atoms with van der Waals surface area (Å²) in [5, 5.41) is 6.99. The van der Waals surface area contributed by atoms with Gasteiger partial charge in [-0.15, -0.1) is 24.0 Å². The van der Waals surface area contributed by atoms with Crippen molar-refractivity contribution in [3.05, 3.63) is 35.9 Å². The van der Waals surface area contributed by atoms with Crippen molar-refractivity contribution in [3.8, 4) is 0 Å². The Morgan fingerprint density at radius 3 is 2.73 bits per heavy atom. The number of rotatable bonds is 7. The number of nitrogens with one attached hydrogen (secondary N) is 2. The molecule has 0 saturated carbocycles. The lowest BCUT2D eigenvalue weighted by Crippen LogP contribution is -2.48. The number of aliphatic imine (C=N–C) groups is 1. The van der Waals surface area contributed by atoms with Crippen molar-refractivity contribution in [2.24, 2.45) is 4.99 Å². The van der Waals surface area contributed by atoms with Gasteiger partial charge in [0.05, 0.1) is 6.54 Å². The third kappa shape index (κ3) is 8.16. The molecule has 1 atom stereocenters. The molecule has 0 aromatic heterocycles. The van der Waals surface area contributed by atoms with E-state index in [1.165, 1.54) is 6.42 Å². The van der Waals surface area contributed by atoms with E-state index in [0.717, 1.165) is 36.9 Å². The number of hydrogen-bond donors (Lipinski definition) is 2. The van der Waals surface area contributed by atoms with Crippen LogP contribution in [0.3, 0.4) is 0 Å². The molecule has 146 valence electrons. The van der Waals surface area contributed by atoms with Gasteiger partial charge in [-0.2, -0.15) is 11.8 Å². The molecule has 1 aliphatic heterocycles. The van der Waals surface area contributed by atoms with E-state index in [-0.39, 0.29) is 29.9 Å². The molecule has 1 aromatic rings. The molecule has 0 bridgehead atoms. The maximum atomic E-state index is 12.0. The second-order valence-electron chi connectivity index (χ2n) is 6.10. The second-order valence-corrected chi connectivity index (χ2v) is 7.50. The first-order chi connectivity index (χ1) is 12.2. The molecule has 1 heterocycles. The number of guanidine groups is 1. The van der Waals surface area contributed by atoms with Crippen molar-refractivity contribution < 1.29 is 4.79 Å². The second kappa shape index (κ2) is 13.2. The van der Waals surface area contributed by atoms with Gasteiger partial charge in [-0.25, -0.2) is 0 Å². The van der Waals surface area contributed by atoms with Gasteiger partial charge in [-0.1, -0.05) is 37.3 Å². The molecule has 1 aromatic carbocycles. The van der Waals surface area contributed by atoms with Gasteiger partial charge in [0.2, 0.25) is 5.91 Å². The van der Waals surface area contributed by atoms with Gasteiger partial charge in [0.15, 0.2) is 5.96 Å². The van der Waals surface area contributed by atoms with E-state index in [2.05, 4.69) is 34.4 Å². The molecule has 0 aliphatic carbocycles. The maximum absolute atomic E-state index is 12.0. The maximum Gasteiger partial charge on any atom is 0.222 e. The van der Waals surface area contributed by atoms with E-state index in [1.54, 1.807) is 0 Å². The quantitative estimate of drug-likeness (QED) is 0.351. The molecule has 1 aliphatic rings. The molecule has 7 heteroatoms. The van der Waals surface area contributed by atoms with Crippen LogP contribution in [0.4, 0.5) is 0 Å². The van der Waals surface area contributed by atoms with E-state index in [1.807, 2.05) is 42.1 Å². The van der Waals surface area contributed by atoms with Crippen molar-refractivity contribution in [1.29, 1.82) is 0 Å². The highest BCUT2D eigenvalue weighted by atomic mass is 127. The molecule has 26 heavy (non-hydrogen) atoms. The minimum absolute atomic E-state index is 0. The van der Waals surface area contributed by atoms with Crippen molar-refractivity contribution in [2.75, 3.05) is 31.9 Å². The van der Waals surface area contributed by atoms with E-state index in [9.17, 15) is 4.79 Å². The molecule has 5 nitrogen and oxygen atoms in total. The average molecular weight is 490 g/mol. The molecule has 2 N–H and O–H groups in total. The monoisotopic (exact) mass is 490 g/mol. The van der Waals surface area contributed by atoms with Crippen LogP contribution in [-0.4, -0.2) is 53.9 Å². The third-order valence-electron chi connectivity index (χ3n) is 4.16. The van der Waals surface area contributed by atoms with Crippen molar-refractivity contribution >= 4 is 47.6 Å². The summed E-state index contributed by atoms with van der Waals surface area (Å²) in [7, 11) is 0. The van der Waals surface area contributed by atoms with Crippen molar-refractivity contribution in [1.82, 2.24) is 15.5 Å². The Bertz CT molecular complexity index is 556. The van der Waals surface area contributed by atoms with Crippen LogP contribution in [-0.2, 0) is 11.3 Å². The van der Waals surface area contributed by atoms with E-state index in [0.29, 0.717) is 24.8 Å². The van der Waals surface area contributed by atoms with Gasteiger partial charge in [0.1, 0.15) is 0 Å². The molecule has 2 rings (SSSR count). The molecule has 0 spiro atoms. The molecule has 1 fully saturated rings. The highest BCUT2D eigenvalue weighted by Gasteiger charge is 2.21. The lowest BCUT2D eigenvalue weighted by molar-refractivity contribution is -0.121. The summed E-state index contributed by atoms with van der Waals surface area (Å²) in [5.74, 6) is 2.13. The summed E-state index contributed by atoms with van der Waals surface area (Å²) in [6.07, 6.45) is 1.60. The van der Waals surface area contributed by atoms with Crippen molar-refractivity contribution in [2.45, 2.75) is 38.5 Å². The molecule has 1 saturated heterocycles. The van der Waals surface area contributed by atoms with Gasteiger partial charge < -0.3 is 15.5 Å².